The Balaban J connectivity index is 0.00000242. The van der Waals surface area contributed by atoms with Gasteiger partial charge < -0.3 is 20.3 Å². The lowest BCUT2D eigenvalue weighted by molar-refractivity contribution is -0.135. The molecule has 23 heavy (non-hydrogen) atoms. The number of ether oxygens (including phenoxy) is 1. The van der Waals surface area contributed by atoms with Gasteiger partial charge in [-0.3, -0.25) is 4.79 Å². The molecule has 7 heteroatoms. The Kier molecular flexibility index (Phi) is 11.2. The fraction of sp³-hybridized carbons (Fsp3) is 0.562. The number of carbonyl (C=O) groups is 1. The van der Waals surface area contributed by atoms with Crippen LogP contribution in [0.25, 0.3) is 0 Å². The molecule has 2 unspecified atom stereocenters. The van der Waals surface area contributed by atoms with Crippen LogP contribution in [0.4, 0.5) is 0 Å². The Morgan fingerprint density at radius 1 is 1.35 bits per heavy atom. The highest BCUT2D eigenvalue weighted by molar-refractivity contribution is 5.85. The Morgan fingerprint density at radius 3 is 2.61 bits per heavy atom. The van der Waals surface area contributed by atoms with E-state index in [-0.39, 0.29) is 42.9 Å². The van der Waals surface area contributed by atoms with Crippen LogP contribution in [0, 0.1) is 0 Å². The highest BCUT2D eigenvalue weighted by Gasteiger charge is 2.24. The summed E-state index contributed by atoms with van der Waals surface area (Å²) in [7, 11) is 4.03. The molecule has 1 aliphatic heterocycles. The van der Waals surface area contributed by atoms with Gasteiger partial charge in [-0.1, -0.05) is 30.3 Å². The monoisotopic (exact) mass is 363 g/mol. The maximum Gasteiger partial charge on any atom is 0.250 e. The number of likely N-dealkylation sites (N-methyl/N-ethyl adjacent to an activating group) is 1. The summed E-state index contributed by atoms with van der Waals surface area (Å²) in [5.41, 5.74) is 1.23. The van der Waals surface area contributed by atoms with E-state index >= 15 is 0 Å². The van der Waals surface area contributed by atoms with Gasteiger partial charge in [-0.25, -0.2) is 0 Å². The minimum Gasteiger partial charge on any atom is -0.366 e. The standard InChI is InChI=1S/C16H25N3O2.2ClH/c1-19(2)12-14(10-13-6-4-3-5-7-13)18-16(20)15-11-17-8-9-21-15;;/h3-7,14-15,17H,8-12H2,1-2H3,(H,18,20);2*1H. The number of morpholine rings is 1. The third-order valence-electron chi connectivity index (χ3n) is 3.48. The van der Waals surface area contributed by atoms with Gasteiger partial charge in [0.25, 0.3) is 5.91 Å². The quantitative estimate of drug-likeness (QED) is 0.794. The van der Waals surface area contributed by atoms with Crippen LogP contribution < -0.4 is 10.6 Å². The van der Waals surface area contributed by atoms with Crippen LogP contribution >= 0.6 is 24.8 Å². The normalized spacial score (nSPS) is 18.5. The molecule has 1 aromatic rings. The van der Waals surface area contributed by atoms with Gasteiger partial charge in [-0.2, -0.15) is 0 Å². The second-order valence-corrected chi connectivity index (χ2v) is 5.72. The predicted molar refractivity (Wildman–Crippen MR) is 97.7 cm³/mol. The van der Waals surface area contributed by atoms with Crippen molar-refractivity contribution in [2.24, 2.45) is 0 Å². The van der Waals surface area contributed by atoms with E-state index in [2.05, 4.69) is 27.7 Å². The van der Waals surface area contributed by atoms with E-state index in [9.17, 15) is 4.79 Å². The van der Waals surface area contributed by atoms with E-state index < -0.39 is 0 Å². The third kappa shape index (κ3) is 7.99. The van der Waals surface area contributed by atoms with Crippen LogP contribution in [0.1, 0.15) is 5.56 Å². The van der Waals surface area contributed by atoms with Gasteiger partial charge in [-0.15, -0.1) is 24.8 Å². The van der Waals surface area contributed by atoms with Gasteiger partial charge in [0, 0.05) is 25.7 Å². The summed E-state index contributed by atoms with van der Waals surface area (Å²) in [6, 6.07) is 10.3. The molecule has 1 saturated heterocycles. The van der Waals surface area contributed by atoms with E-state index in [1.807, 2.05) is 32.3 Å². The van der Waals surface area contributed by atoms with E-state index in [0.717, 1.165) is 19.5 Å². The van der Waals surface area contributed by atoms with Crippen molar-refractivity contribution in [3.8, 4) is 0 Å². The van der Waals surface area contributed by atoms with Gasteiger partial charge in [-0.05, 0) is 26.1 Å². The smallest absolute Gasteiger partial charge is 0.250 e. The minimum atomic E-state index is -0.376. The molecule has 0 radical (unpaired) electrons. The predicted octanol–water partition coefficient (Wildman–Crippen LogP) is 1.11. The number of hydrogen-bond acceptors (Lipinski definition) is 4. The molecule has 5 nitrogen and oxygen atoms in total. The Morgan fingerprint density at radius 2 is 2.04 bits per heavy atom. The molecule has 0 saturated carbocycles. The number of benzene rings is 1. The highest BCUT2D eigenvalue weighted by atomic mass is 35.5. The van der Waals surface area contributed by atoms with Crippen molar-refractivity contribution < 1.29 is 9.53 Å². The zero-order chi connectivity index (χ0) is 15.1. The van der Waals surface area contributed by atoms with Crippen LogP contribution in [0.15, 0.2) is 30.3 Å². The molecule has 0 spiro atoms. The van der Waals surface area contributed by atoms with E-state index in [1.54, 1.807) is 0 Å². The zero-order valence-electron chi connectivity index (χ0n) is 13.7. The number of hydrogen-bond donors (Lipinski definition) is 2. The van der Waals surface area contributed by atoms with Crippen molar-refractivity contribution in [2.45, 2.75) is 18.6 Å². The Hall–Kier alpha value is -0.850. The average molecular weight is 364 g/mol. The van der Waals surface area contributed by atoms with E-state index in [4.69, 9.17) is 4.74 Å². The van der Waals surface area contributed by atoms with E-state index in [0.29, 0.717) is 13.2 Å². The van der Waals surface area contributed by atoms with Gasteiger partial charge in [0.05, 0.1) is 6.61 Å². The van der Waals surface area contributed by atoms with Crippen molar-refractivity contribution in [1.29, 1.82) is 0 Å². The first-order chi connectivity index (χ1) is 10.1. The van der Waals surface area contributed by atoms with Crippen molar-refractivity contribution in [2.75, 3.05) is 40.3 Å². The molecule has 0 aromatic heterocycles. The van der Waals surface area contributed by atoms with Crippen molar-refractivity contribution >= 4 is 30.7 Å². The number of rotatable bonds is 6. The number of halogens is 2. The molecule has 2 rings (SSSR count). The second kappa shape index (κ2) is 11.6. The molecule has 1 heterocycles. The summed E-state index contributed by atoms with van der Waals surface area (Å²) in [5.74, 6) is -0.0232. The lowest BCUT2D eigenvalue weighted by Crippen LogP contribution is -2.52. The maximum atomic E-state index is 12.3. The molecule has 2 atom stereocenters. The largest absolute Gasteiger partial charge is 0.366 e. The van der Waals surface area contributed by atoms with Crippen molar-refractivity contribution in [1.82, 2.24) is 15.5 Å². The summed E-state index contributed by atoms with van der Waals surface area (Å²) in [4.78, 5) is 14.4. The first kappa shape index (κ1) is 22.1. The molecule has 0 bridgehead atoms. The number of amides is 1. The number of carbonyl (C=O) groups excluding carboxylic acids is 1. The van der Waals surface area contributed by atoms with Crippen LogP contribution in [-0.2, 0) is 16.0 Å². The van der Waals surface area contributed by atoms with Crippen LogP contribution in [0.2, 0.25) is 0 Å². The molecule has 1 aliphatic rings. The summed E-state index contributed by atoms with van der Waals surface area (Å²) >= 11 is 0. The van der Waals surface area contributed by atoms with Crippen LogP contribution in [0.3, 0.4) is 0 Å². The summed E-state index contributed by atoms with van der Waals surface area (Å²) in [6.45, 7) is 2.80. The SMILES string of the molecule is CN(C)CC(Cc1ccccc1)NC(=O)C1CNCCO1.Cl.Cl. The molecular weight excluding hydrogens is 337 g/mol. The van der Waals surface area contributed by atoms with Crippen LogP contribution in [0.5, 0.6) is 0 Å². The molecule has 132 valence electrons. The fourth-order valence-corrected chi connectivity index (χ4v) is 2.53. The summed E-state index contributed by atoms with van der Waals surface area (Å²) in [6.07, 6.45) is 0.449. The van der Waals surface area contributed by atoms with Gasteiger partial charge >= 0.3 is 0 Å². The highest BCUT2D eigenvalue weighted by Crippen LogP contribution is 2.05. The van der Waals surface area contributed by atoms with Gasteiger partial charge in [0.2, 0.25) is 0 Å². The van der Waals surface area contributed by atoms with Crippen molar-refractivity contribution in [3.05, 3.63) is 35.9 Å². The summed E-state index contributed by atoms with van der Waals surface area (Å²) < 4.78 is 5.51. The van der Waals surface area contributed by atoms with Crippen LogP contribution in [-0.4, -0.2) is 63.3 Å². The molecule has 1 aromatic carbocycles. The molecule has 2 N–H and O–H groups in total. The third-order valence-corrected chi connectivity index (χ3v) is 3.48. The zero-order valence-corrected chi connectivity index (χ0v) is 15.3. The van der Waals surface area contributed by atoms with Crippen molar-refractivity contribution in [3.63, 3.8) is 0 Å². The first-order valence-electron chi connectivity index (χ1n) is 7.46. The maximum absolute atomic E-state index is 12.3. The summed E-state index contributed by atoms with van der Waals surface area (Å²) in [5, 5.41) is 6.30. The molecular formula is C16H27Cl2N3O2. The van der Waals surface area contributed by atoms with Gasteiger partial charge in [0.15, 0.2) is 0 Å². The van der Waals surface area contributed by atoms with E-state index in [1.165, 1.54) is 5.56 Å². The first-order valence-corrected chi connectivity index (χ1v) is 7.46. The molecule has 1 amide bonds. The topological polar surface area (TPSA) is 53.6 Å². The fourth-order valence-electron chi connectivity index (χ4n) is 2.53. The molecule has 0 aliphatic carbocycles. The lowest BCUT2D eigenvalue weighted by Gasteiger charge is -2.27. The minimum absolute atomic E-state index is 0. The van der Waals surface area contributed by atoms with Gasteiger partial charge in [0.1, 0.15) is 6.10 Å². The Bertz CT molecular complexity index is 440. The number of nitrogens with one attached hydrogen (secondary N) is 2. The second-order valence-electron chi connectivity index (χ2n) is 5.72. The molecule has 1 fully saturated rings. The lowest BCUT2D eigenvalue weighted by atomic mass is 10.1. The average Bonchev–Trinajstić information content (AvgIpc) is 2.48. The number of nitrogens with zero attached hydrogens (tertiary/aromatic N) is 1. The Labute approximate surface area is 151 Å².